The molecule has 1 aliphatic heterocycles. The summed E-state index contributed by atoms with van der Waals surface area (Å²) in [7, 11) is 0. The van der Waals surface area contributed by atoms with Crippen molar-refractivity contribution >= 4 is 23.6 Å². The van der Waals surface area contributed by atoms with E-state index in [1.807, 2.05) is 0 Å². The first kappa shape index (κ1) is 14.1. The molecule has 0 aromatic carbocycles. The van der Waals surface area contributed by atoms with Crippen molar-refractivity contribution in [2.45, 2.75) is 31.8 Å². The first-order chi connectivity index (χ1) is 8.16. The van der Waals surface area contributed by atoms with E-state index in [2.05, 4.69) is 5.32 Å². The lowest BCUT2D eigenvalue weighted by atomic mass is 9.97. The van der Waals surface area contributed by atoms with Crippen LogP contribution in [0.5, 0.6) is 0 Å². The molecule has 5 N–H and O–H groups in total. The van der Waals surface area contributed by atoms with Crippen LogP contribution in [-0.2, 0) is 19.2 Å². The molecule has 1 fully saturated rings. The zero-order valence-corrected chi connectivity index (χ0v) is 10.2. The quantitative estimate of drug-likeness (QED) is 0.478. The van der Waals surface area contributed by atoms with Crippen molar-refractivity contribution in [3.05, 3.63) is 0 Å². The van der Waals surface area contributed by atoms with E-state index in [1.165, 1.54) is 13.8 Å². The van der Waals surface area contributed by atoms with Gasteiger partial charge in [0.05, 0.1) is 12.5 Å². The summed E-state index contributed by atoms with van der Waals surface area (Å²) in [5.74, 6) is -2.54. The van der Waals surface area contributed by atoms with E-state index in [0.29, 0.717) is 0 Å². The first-order valence-electron chi connectivity index (χ1n) is 5.36. The molecule has 1 rings (SSSR count). The van der Waals surface area contributed by atoms with Crippen LogP contribution in [0.1, 0.15) is 20.3 Å². The summed E-state index contributed by atoms with van der Waals surface area (Å²) in [6, 6.07) is -1.15. The minimum atomic E-state index is -1.19. The van der Waals surface area contributed by atoms with Gasteiger partial charge in [0.25, 0.3) is 5.91 Å². The van der Waals surface area contributed by atoms with Gasteiger partial charge in [-0.3, -0.25) is 24.5 Å². The Kier molecular flexibility index (Phi) is 3.70. The second kappa shape index (κ2) is 4.73. The standard InChI is InChI=1S/C10H16N4O4/c1-10(2)9(18)13-7(16)4-14(10)8(17)5(11)3-6(12)15/h5H,3-4,11H2,1-2H3,(H2,12,15)(H,13,16,18). The smallest absolute Gasteiger partial charge is 0.252 e. The summed E-state index contributed by atoms with van der Waals surface area (Å²) >= 11 is 0. The van der Waals surface area contributed by atoms with E-state index in [1.54, 1.807) is 0 Å². The molecule has 0 radical (unpaired) electrons. The minimum absolute atomic E-state index is 0.274. The second-order valence-corrected chi connectivity index (χ2v) is 4.64. The SMILES string of the molecule is CC1(C)C(=O)NC(=O)CN1C(=O)C(N)CC(N)=O. The number of nitrogens with one attached hydrogen (secondary N) is 1. The highest BCUT2D eigenvalue weighted by Crippen LogP contribution is 2.19. The first-order valence-corrected chi connectivity index (χ1v) is 5.36. The van der Waals surface area contributed by atoms with Crippen molar-refractivity contribution in [1.82, 2.24) is 10.2 Å². The van der Waals surface area contributed by atoms with Gasteiger partial charge in [0.15, 0.2) is 0 Å². The average molecular weight is 256 g/mol. The fourth-order valence-corrected chi connectivity index (χ4v) is 1.64. The van der Waals surface area contributed by atoms with Gasteiger partial charge in [-0.2, -0.15) is 0 Å². The van der Waals surface area contributed by atoms with Crippen molar-refractivity contribution in [1.29, 1.82) is 0 Å². The predicted octanol–water partition coefficient (Wildman–Crippen LogP) is -2.55. The van der Waals surface area contributed by atoms with Crippen LogP contribution in [0.15, 0.2) is 0 Å². The molecule has 1 unspecified atom stereocenters. The third-order valence-electron chi connectivity index (χ3n) is 2.79. The number of piperazine rings is 1. The monoisotopic (exact) mass is 256 g/mol. The van der Waals surface area contributed by atoms with Crippen LogP contribution in [-0.4, -0.2) is 46.7 Å². The molecule has 18 heavy (non-hydrogen) atoms. The van der Waals surface area contributed by atoms with Crippen LogP contribution in [0.4, 0.5) is 0 Å². The number of rotatable bonds is 3. The van der Waals surface area contributed by atoms with Crippen LogP contribution >= 0.6 is 0 Å². The zero-order chi connectivity index (χ0) is 14.1. The molecular weight excluding hydrogens is 240 g/mol. The number of nitrogens with zero attached hydrogens (tertiary/aromatic N) is 1. The molecule has 1 aliphatic rings. The number of carbonyl (C=O) groups is 4. The van der Waals surface area contributed by atoms with Gasteiger partial charge in [-0.15, -0.1) is 0 Å². The number of hydrogen-bond acceptors (Lipinski definition) is 5. The Hall–Kier alpha value is -1.96. The lowest BCUT2D eigenvalue weighted by Gasteiger charge is -2.41. The van der Waals surface area contributed by atoms with Crippen molar-refractivity contribution in [3.8, 4) is 0 Å². The van der Waals surface area contributed by atoms with Crippen LogP contribution < -0.4 is 16.8 Å². The molecule has 0 spiro atoms. The van der Waals surface area contributed by atoms with Crippen LogP contribution in [0.2, 0.25) is 0 Å². The van der Waals surface area contributed by atoms with Gasteiger partial charge in [0.2, 0.25) is 17.7 Å². The Morgan fingerprint density at radius 2 is 2.00 bits per heavy atom. The molecule has 4 amide bonds. The molecule has 0 bridgehead atoms. The van der Waals surface area contributed by atoms with Gasteiger partial charge in [-0.25, -0.2) is 0 Å². The van der Waals surface area contributed by atoms with Crippen molar-refractivity contribution < 1.29 is 19.2 Å². The Morgan fingerprint density at radius 1 is 1.44 bits per heavy atom. The number of imide groups is 1. The second-order valence-electron chi connectivity index (χ2n) is 4.64. The Labute approximate surface area is 104 Å². The van der Waals surface area contributed by atoms with Gasteiger partial charge in [0.1, 0.15) is 12.1 Å². The predicted molar refractivity (Wildman–Crippen MR) is 60.7 cm³/mol. The number of primary amides is 1. The molecule has 1 heterocycles. The zero-order valence-electron chi connectivity index (χ0n) is 10.2. The summed E-state index contributed by atoms with van der Waals surface area (Å²) < 4.78 is 0. The molecule has 0 saturated carbocycles. The molecule has 1 atom stereocenters. The minimum Gasteiger partial charge on any atom is -0.370 e. The number of hydrogen-bond donors (Lipinski definition) is 3. The van der Waals surface area contributed by atoms with Crippen LogP contribution in [0.25, 0.3) is 0 Å². The fraction of sp³-hybridized carbons (Fsp3) is 0.600. The molecular formula is C10H16N4O4. The van der Waals surface area contributed by atoms with Gasteiger partial charge >= 0.3 is 0 Å². The maximum absolute atomic E-state index is 12.0. The average Bonchev–Trinajstić information content (AvgIpc) is 2.21. The number of nitrogens with two attached hydrogens (primary N) is 2. The molecule has 1 saturated heterocycles. The molecule has 8 nitrogen and oxygen atoms in total. The van der Waals surface area contributed by atoms with E-state index in [0.717, 1.165) is 4.90 Å². The fourth-order valence-electron chi connectivity index (χ4n) is 1.64. The van der Waals surface area contributed by atoms with E-state index in [9.17, 15) is 19.2 Å². The topological polar surface area (TPSA) is 136 Å². The molecule has 100 valence electrons. The summed E-state index contributed by atoms with van der Waals surface area (Å²) in [5.41, 5.74) is 9.28. The third-order valence-corrected chi connectivity index (χ3v) is 2.79. The number of amides is 4. The lowest BCUT2D eigenvalue weighted by Crippen LogP contribution is -2.67. The largest absolute Gasteiger partial charge is 0.370 e. The maximum Gasteiger partial charge on any atom is 0.252 e. The van der Waals surface area contributed by atoms with Crippen molar-refractivity contribution in [3.63, 3.8) is 0 Å². The van der Waals surface area contributed by atoms with Crippen molar-refractivity contribution in [2.24, 2.45) is 11.5 Å². The van der Waals surface area contributed by atoms with Gasteiger partial charge in [0, 0.05) is 0 Å². The normalized spacial score (nSPS) is 20.3. The lowest BCUT2D eigenvalue weighted by molar-refractivity contribution is -0.156. The van der Waals surface area contributed by atoms with Gasteiger partial charge < -0.3 is 16.4 Å². The summed E-state index contributed by atoms with van der Waals surface area (Å²) in [6.07, 6.45) is -0.332. The number of carbonyl (C=O) groups excluding carboxylic acids is 4. The highest BCUT2D eigenvalue weighted by atomic mass is 16.2. The highest BCUT2D eigenvalue weighted by molar-refractivity contribution is 6.07. The van der Waals surface area contributed by atoms with E-state index in [-0.39, 0.29) is 13.0 Å². The molecule has 8 heteroatoms. The third kappa shape index (κ3) is 2.65. The Morgan fingerprint density at radius 3 is 2.50 bits per heavy atom. The summed E-state index contributed by atoms with van der Waals surface area (Å²) in [5, 5.41) is 2.13. The highest BCUT2D eigenvalue weighted by Gasteiger charge is 2.44. The Balaban J connectivity index is 2.91. The molecule has 0 aromatic rings. The van der Waals surface area contributed by atoms with Crippen molar-refractivity contribution in [2.75, 3.05) is 6.54 Å². The van der Waals surface area contributed by atoms with Gasteiger partial charge in [-0.1, -0.05) is 0 Å². The summed E-state index contributed by atoms with van der Waals surface area (Å²) in [4.78, 5) is 46.7. The maximum atomic E-state index is 12.0. The van der Waals surface area contributed by atoms with Crippen LogP contribution in [0, 0.1) is 0 Å². The van der Waals surface area contributed by atoms with Crippen LogP contribution in [0.3, 0.4) is 0 Å². The summed E-state index contributed by atoms with van der Waals surface area (Å²) in [6.45, 7) is 2.71. The van der Waals surface area contributed by atoms with E-state index >= 15 is 0 Å². The Bertz CT molecular complexity index is 418. The van der Waals surface area contributed by atoms with E-state index < -0.39 is 35.2 Å². The van der Waals surface area contributed by atoms with E-state index in [4.69, 9.17) is 11.5 Å². The van der Waals surface area contributed by atoms with Gasteiger partial charge in [-0.05, 0) is 13.8 Å². The molecule has 0 aromatic heterocycles. The molecule has 0 aliphatic carbocycles.